The summed E-state index contributed by atoms with van der Waals surface area (Å²) in [5, 5.41) is 11.1. The Morgan fingerprint density at radius 2 is 2.21 bits per heavy atom. The Hall–Kier alpha value is -2.10. The van der Waals surface area contributed by atoms with E-state index in [1.165, 1.54) is 0 Å². The highest BCUT2D eigenvalue weighted by atomic mass is 16.5. The van der Waals surface area contributed by atoms with Crippen LogP contribution in [0.2, 0.25) is 0 Å². The molecule has 4 heteroatoms. The summed E-state index contributed by atoms with van der Waals surface area (Å²) in [6.45, 7) is 6.45. The molecule has 19 heavy (non-hydrogen) atoms. The van der Waals surface area contributed by atoms with E-state index < -0.39 is 5.97 Å². The summed E-state index contributed by atoms with van der Waals surface area (Å²) in [5.74, 6) is -0.595. The highest BCUT2D eigenvalue weighted by molar-refractivity contribution is 6.43. The second-order valence-corrected chi connectivity index (χ2v) is 4.00. The van der Waals surface area contributed by atoms with Gasteiger partial charge in [0.15, 0.2) is 0 Å². The first-order chi connectivity index (χ1) is 9.20. The quantitative estimate of drug-likeness (QED) is 0.327. The molecular formula is C15H20N2O2. The maximum Gasteiger partial charge on any atom is 0.356 e. The Labute approximate surface area is 114 Å². The van der Waals surface area contributed by atoms with Crippen LogP contribution < -0.4 is 5.32 Å². The van der Waals surface area contributed by atoms with Gasteiger partial charge in [-0.05, 0) is 25.8 Å². The standard InChI is InChI=1S/C15H20N2O2/c1-3-5-8-11-17-13-10-7-6-9-12(13)14(16)15(18)19-4-2/h3,6-7,9-10,16-17H,1,4-5,8,11H2,2H3. The molecule has 4 nitrogen and oxygen atoms in total. The van der Waals surface area contributed by atoms with Crippen molar-refractivity contribution in [2.75, 3.05) is 18.5 Å². The highest BCUT2D eigenvalue weighted by Crippen LogP contribution is 2.16. The number of carbonyl (C=O) groups excluding carboxylic acids is 1. The SMILES string of the molecule is C=CCCCNc1ccccc1C(=N)C(=O)OCC. The summed E-state index contributed by atoms with van der Waals surface area (Å²) in [7, 11) is 0. The van der Waals surface area contributed by atoms with Crippen LogP contribution in [0, 0.1) is 5.41 Å². The van der Waals surface area contributed by atoms with Crippen LogP contribution in [0.5, 0.6) is 0 Å². The third kappa shape index (κ3) is 4.58. The van der Waals surface area contributed by atoms with E-state index in [1.807, 2.05) is 18.2 Å². The van der Waals surface area contributed by atoms with E-state index in [0.717, 1.165) is 25.1 Å². The van der Waals surface area contributed by atoms with Gasteiger partial charge in [0.05, 0.1) is 6.61 Å². The number of benzene rings is 1. The topological polar surface area (TPSA) is 62.2 Å². The van der Waals surface area contributed by atoms with Gasteiger partial charge in [-0.25, -0.2) is 4.79 Å². The maximum atomic E-state index is 11.6. The van der Waals surface area contributed by atoms with E-state index in [0.29, 0.717) is 5.56 Å². The molecule has 0 unspecified atom stereocenters. The van der Waals surface area contributed by atoms with Crippen LogP contribution in [0.1, 0.15) is 25.3 Å². The monoisotopic (exact) mass is 260 g/mol. The molecule has 0 aliphatic rings. The zero-order valence-electron chi connectivity index (χ0n) is 11.2. The zero-order valence-corrected chi connectivity index (χ0v) is 11.2. The average molecular weight is 260 g/mol. The third-order valence-electron chi connectivity index (χ3n) is 2.58. The van der Waals surface area contributed by atoms with Crippen molar-refractivity contribution in [1.29, 1.82) is 5.41 Å². The van der Waals surface area contributed by atoms with Gasteiger partial charge in [0.2, 0.25) is 0 Å². The van der Waals surface area contributed by atoms with Gasteiger partial charge >= 0.3 is 5.97 Å². The number of allylic oxidation sites excluding steroid dienone is 1. The Balaban J connectivity index is 2.74. The molecule has 0 aromatic heterocycles. The minimum Gasteiger partial charge on any atom is -0.461 e. The molecule has 0 atom stereocenters. The van der Waals surface area contributed by atoms with Crippen LogP contribution in [0.25, 0.3) is 0 Å². The van der Waals surface area contributed by atoms with E-state index in [1.54, 1.807) is 19.1 Å². The summed E-state index contributed by atoms with van der Waals surface area (Å²) >= 11 is 0. The Bertz CT molecular complexity index is 455. The molecule has 0 saturated carbocycles. The predicted octanol–water partition coefficient (Wildman–Crippen LogP) is 3.00. The first-order valence-electron chi connectivity index (χ1n) is 6.40. The van der Waals surface area contributed by atoms with Gasteiger partial charge in [0.25, 0.3) is 0 Å². The Morgan fingerprint density at radius 1 is 1.47 bits per heavy atom. The smallest absolute Gasteiger partial charge is 0.356 e. The molecule has 0 radical (unpaired) electrons. The fourth-order valence-corrected chi connectivity index (χ4v) is 1.64. The minimum absolute atomic E-state index is 0.117. The van der Waals surface area contributed by atoms with Gasteiger partial charge < -0.3 is 10.1 Å². The molecule has 1 rings (SSSR count). The molecule has 0 amide bonds. The summed E-state index contributed by atoms with van der Waals surface area (Å²) < 4.78 is 4.85. The van der Waals surface area contributed by atoms with Crippen molar-refractivity contribution in [3.05, 3.63) is 42.5 Å². The lowest BCUT2D eigenvalue weighted by Crippen LogP contribution is -2.19. The van der Waals surface area contributed by atoms with Crippen LogP contribution in [0.3, 0.4) is 0 Å². The van der Waals surface area contributed by atoms with E-state index in [4.69, 9.17) is 10.1 Å². The molecule has 102 valence electrons. The lowest BCUT2D eigenvalue weighted by Gasteiger charge is -2.11. The lowest BCUT2D eigenvalue weighted by atomic mass is 10.1. The van der Waals surface area contributed by atoms with Gasteiger partial charge in [-0.2, -0.15) is 0 Å². The number of nitrogens with one attached hydrogen (secondary N) is 2. The maximum absolute atomic E-state index is 11.6. The molecule has 0 fully saturated rings. The molecule has 0 bridgehead atoms. The second-order valence-electron chi connectivity index (χ2n) is 4.00. The summed E-state index contributed by atoms with van der Waals surface area (Å²) in [4.78, 5) is 11.6. The van der Waals surface area contributed by atoms with E-state index in [2.05, 4.69) is 11.9 Å². The lowest BCUT2D eigenvalue weighted by molar-refractivity contribution is -0.135. The molecule has 1 aromatic rings. The first-order valence-corrected chi connectivity index (χ1v) is 6.40. The predicted molar refractivity (Wildman–Crippen MR) is 77.8 cm³/mol. The number of carbonyl (C=O) groups is 1. The van der Waals surface area contributed by atoms with E-state index in [-0.39, 0.29) is 12.3 Å². The molecule has 0 spiro atoms. The van der Waals surface area contributed by atoms with Gasteiger partial charge in [-0.3, -0.25) is 5.41 Å². The zero-order chi connectivity index (χ0) is 14.1. The van der Waals surface area contributed by atoms with Gasteiger partial charge in [0, 0.05) is 17.8 Å². The second kappa shape index (κ2) is 8.08. The Kier molecular flexibility index (Phi) is 6.36. The van der Waals surface area contributed by atoms with Crippen LogP contribution in [-0.4, -0.2) is 24.8 Å². The fourth-order valence-electron chi connectivity index (χ4n) is 1.64. The van der Waals surface area contributed by atoms with Gasteiger partial charge in [-0.15, -0.1) is 6.58 Å². The Morgan fingerprint density at radius 3 is 2.89 bits per heavy atom. The van der Waals surface area contributed by atoms with Crippen LogP contribution in [0.4, 0.5) is 5.69 Å². The van der Waals surface area contributed by atoms with Crippen molar-refractivity contribution in [3.8, 4) is 0 Å². The summed E-state index contributed by atoms with van der Waals surface area (Å²) in [6, 6.07) is 7.28. The van der Waals surface area contributed by atoms with Crippen molar-refractivity contribution in [1.82, 2.24) is 0 Å². The molecule has 2 N–H and O–H groups in total. The van der Waals surface area contributed by atoms with Crippen LogP contribution >= 0.6 is 0 Å². The number of rotatable bonds is 8. The number of para-hydroxylation sites is 1. The first kappa shape index (κ1) is 15.0. The molecule has 0 aliphatic heterocycles. The number of anilines is 1. The fraction of sp³-hybridized carbons (Fsp3) is 0.333. The van der Waals surface area contributed by atoms with Gasteiger partial charge in [-0.1, -0.05) is 24.3 Å². The molecule has 0 aliphatic carbocycles. The van der Waals surface area contributed by atoms with Crippen LogP contribution in [-0.2, 0) is 9.53 Å². The molecule has 0 saturated heterocycles. The highest BCUT2D eigenvalue weighted by Gasteiger charge is 2.15. The number of ether oxygens (including phenoxy) is 1. The molecule has 1 aromatic carbocycles. The summed E-state index contributed by atoms with van der Waals surface area (Å²) in [5.41, 5.74) is 1.23. The molecule has 0 heterocycles. The third-order valence-corrected chi connectivity index (χ3v) is 2.58. The van der Waals surface area contributed by atoms with Crippen molar-refractivity contribution in [2.45, 2.75) is 19.8 Å². The van der Waals surface area contributed by atoms with Crippen molar-refractivity contribution in [2.24, 2.45) is 0 Å². The minimum atomic E-state index is -0.595. The average Bonchev–Trinajstić information content (AvgIpc) is 2.43. The molecular weight excluding hydrogens is 240 g/mol. The van der Waals surface area contributed by atoms with Crippen molar-refractivity contribution in [3.63, 3.8) is 0 Å². The van der Waals surface area contributed by atoms with E-state index in [9.17, 15) is 4.79 Å². The van der Waals surface area contributed by atoms with Crippen molar-refractivity contribution >= 4 is 17.4 Å². The van der Waals surface area contributed by atoms with Crippen LogP contribution in [0.15, 0.2) is 36.9 Å². The number of unbranched alkanes of at least 4 members (excludes halogenated alkanes) is 1. The number of hydrogen-bond donors (Lipinski definition) is 2. The van der Waals surface area contributed by atoms with Crippen molar-refractivity contribution < 1.29 is 9.53 Å². The largest absolute Gasteiger partial charge is 0.461 e. The normalized spacial score (nSPS) is 9.74. The summed E-state index contributed by atoms with van der Waals surface area (Å²) in [6.07, 6.45) is 3.77. The number of esters is 1. The van der Waals surface area contributed by atoms with E-state index >= 15 is 0 Å². The number of hydrogen-bond acceptors (Lipinski definition) is 4. The van der Waals surface area contributed by atoms with Gasteiger partial charge in [0.1, 0.15) is 5.71 Å².